The van der Waals surface area contributed by atoms with E-state index in [1.807, 2.05) is 12.1 Å². The lowest BCUT2D eigenvalue weighted by Gasteiger charge is -2.03. The molecule has 2 rings (SSSR count). The van der Waals surface area contributed by atoms with E-state index in [2.05, 4.69) is 4.98 Å². The number of rotatable bonds is 7. The molecule has 0 aliphatic heterocycles. The summed E-state index contributed by atoms with van der Waals surface area (Å²) in [5.41, 5.74) is 1.23. The molecule has 0 radical (unpaired) electrons. The molecule has 0 unspecified atom stereocenters. The molecule has 0 aliphatic carbocycles. The first-order valence-corrected chi connectivity index (χ1v) is 6.61. The zero-order valence-electron chi connectivity index (χ0n) is 12.0. The zero-order chi connectivity index (χ0) is 15.1. The Morgan fingerprint density at radius 3 is 2.71 bits per heavy atom. The lowest BCUT2D eigenvalue weighted by Crippen LogP contribution is -2.04. The molecule has 6 heteroatoms. The van der Waals surface area contributed by atoms with E-state index in [4.69, 9.17) is 18.6 Å². The number of ether oxygens (including phenoxy) is 3. The van der Waals surface area contributed by atoms with Crippen LogP contribution in [0.2, 0.25) is 0 Å². The number of carbonyl (C=O) groups is 1. The van der Waals surface area contributed by atoms with Crippen molar-refractivity contribution in [1.29, 1.82) is 0 Å². The van der Waals surface area contributed by atoms with Crippen molar-refractivity contribution < 1.29 is 23.4 Å². The topological polar surface area (TPSA) is 70.8 Å². The summed E-state index contributed by atoms with van der Waals surface area (Å²) in [6.45, 7) is 2.67. The van der Waals surface area contributed by atoms with Gasteiger partial charge in [-0.2, -0.15) is 4.98 Å². The van der Waals surface area contributed by atoms with Crippen LogP contribution in [0.25, 0.3) is 0 Å². The smallest absolute Gasteiger partial charge is 0.399 e. The molecule has 6 nitrogen and oxygen atoms in total. The fourth-order valence-corrected chi connectivity index (χ4v) is 1.65. The Kier molecular flexibility index (Phi) is 5.34. The summed E-state index contributed by atoms with van der Waals surface area (Å²) < 4.78 is 20.3. The average molecular weight is 291 g/mol. The highest BCUT2D eigenvalue weighted by Gasteiger charge is 2.14. The van der Waals surface area contributed by atoms with Gasteiger partial charge in [-0.15, -0.1) is 0 Å². The van der Waals surface area contributed by atoms with Gasteiger partial charge in [-0.1, -0.05) is 12.1 Å². The molecule has 0 bridgehead atoms. The van der Waals surface area contributed by atoms with Crippen LogP contribution < -0.4 is 4.74 Å². The second-order valence-corrected chi connectivity index (χ2v) is 4.21. The quantitative estimate of drug-likeness (QED) is 0.730. The first-order valence-electron chi connectivity index (χ1n) is 6.61. The van der Waals surface area contributed by atoms with Crippen LogP contribution in [0, 0.1) is 0 Å². The Morgan fingerprint density at radius 2 is 2.05 bits per heavy atom. The highest BCUT2D eigenvalue weighted by atomic mass is 16.6. The van der Waals surface area contributed by atoms with E-state index in [0.717, 1.165) is 12.0 Å². The number of aromatic nitrogens is 1. The van der Waals surface area contributed by atoms with Gasteiger partial charge in [-0.25, -0.2) is 4.79 Å². The van der Waals surface area contributed by atoms with Crippen LogP contribution in [-0.4, -0.2) is 31.3 Å². The highest BCUT2D eigenvalue weighted by Crippen LogP contribution is 2.21. The van der Waals surface area contributed by atoms with Gasteiger partial charge in [0.2, 0.25) is 0 Å². The van der Waals surface area contributed by atoms with Gasteiger partial charge in [-0.3, -0.25) is 0 Å². The summed E-state index contributed by atoms with van der Waals surface area (Å²) in [6.07, 6.45) is 2.05. The van der Waals surface area contributed by atoms with Crippen molar-refractivity contribution in [3.63, 3.8) is 0 Å². The van der Waals surface area contributed by atoms with Crippen LogP contribution in [0.15, 0.2) is 34.9 Å². The average Bonchev–Trinajstić information content (AvgIpc) is 2.95. The Balaban J connectivity index is 1.96. The van der Waals surface area contributed by atoms with Gasteiger partial charge in [0.1, 0.15) is 12.0 Å². The normalized spacial score (nSPS) is 10.4. The van der Waals surface area contributed by atoms with Crippen LogP contribution in [0.4, 0.5) is 0 Å². The molecule has 1 aromatic heterocycles. The van der Waals surface area contributed by atoms with E-state index in [1.165, 1.54) is 6.26 Å². The maximum atomic E-state index is 11.4. The Bertz CT molecular complexity index is 576. The highest BCUT2D eigenvalue weighted by molar-refractivity contribution is 5.86. The van der Waals surface area contributed by atoms with Gasteiger partial charge in [0, 0.05) is 7.11 Å². The van der Waals surface area contributed by atoms with E-state index >= 15 is 0 Å². The van der Waals surface area contributed by atoms with E-state index in [-0.39, 0.29) is 18.4 Å². The SMILES string of the molecule is CCOC(=O)c1coc(Oc2ccc(CCOC)cc2)n1. The third-order valence-electron chi connectivity index (χ3n) is 2.69. The first kappa shape index (κ1) is 15.1. The van der Waals surface area contributed by atoms with Crippen LogP contribution in [0.1, 0.15) is 23.0 Å². The summed E-state index contributed by atoms with van der Waals surface area (Å²) in [5, 5.41) is 0. The van der Waals surface area contributed by atoms with Gasteiger partial charge in [0.15, 0.2) is 5.69 Å². The second-order valence-electron chi connectivity index (χ2n) is 4.21. The third-order valence-corrected chi connectivity index (χ3v) is 2.69. The third kappa shape index (κ3) is 4.32. The molecule has 1 heterocycles. The van der Waals surface area contributed by atoms with Crippen LogP contribution in [0.5, 0.6) is 11.8 Å². The van der Waals surface area contributed by atoms with Crippen LogP contribution in [0.3, 0.4) is 0 Å². The Morgan fingerprint density at radius 1 is 1.29 bits per heavy atom. The fraction of sp³-hybridized carbons (Fsp3) is 0.333. The van der Waals surface area contributed by atoms with E-state index in [0.29, 0.717) is 12.4 Å². The van der Waals surface area contributed by atoms with Crippen molar-refractivity contribution in [2.24, 2.45) is 0 Å². The predicted molar refractivity (Wildman–Crippen MR) is 74.6 cm³/mol. The maximum Gasteiger partial charge on any atom is 0.399 e. The summed E-state index contributed by atoms with van der Waals surface area (Å²) in [5.74, 6) is 0.0411. The molecule has 21 heavy (non-hydrogen) atoms. The zero-order valence-corrected chi connectivity index (χ0v) is 12.0. The first-order chi connectivity index (χ1) is 10.2. The van der Waals surface area contributed by atoms with Crippen molar-refractivity contribution >= 4 is 5.97 Å². The Labute approximate surface area is 122 Å². The lowest BCUT2D eigenvalue weighted by atomic mass is 10.1. The second kappa shape index (κ2) is 7.44. The molecule has 0 atom stereocenters. The molecular weight excluding hydrogens is 274 g/mol. The van der Waals surface area contributed by atoms with Gasteiger partial charge in [0.05, 0.1) is 13.2 Å². The number of hydrogen-bond acceptors (Lipinski definition) is 6. The van der Waals surface area contributed by atoms with E-state index in [1.54, 1.807) is 26.2 Å². The number of nitrogens with zero attached hydrogens (tertiary/aromatic N) is 1. The largest absolute Gasteiger partial charge is 0.461 e. The lowest BCUT2D eigenvalue weighted by molar-refractivity contribution is 0.0519. The molecule has 0 saturated carbocycles. The van der Waals surface area contributed by atoms with Gasteiger partial charge < -0.3 is 18.6 Å². The number of oxazole rings is 1. The van der Waals surface area contributed by atoms with Crippen molar-refractivity contribution in [1.82, 2.24) is 4.98 Å². The number of hydrogen-bond donors (Lipinski definition) is 0. The number of carbonyl (C=O) groups excluding carboxylic acids is 1. The minimum absolute atomic E-state index is 0.00249. The molecule has 2 aromatic rings. The molecule has 0 N–H and O–H groups in total. The molecule has 0 fully saturated rings. The number of methoxy groups -OCH3 is 1. The predicted octanol–water partition coefficient (Wildman–Crippen LogP) is 2.83. The Hall–Kier alpha value is -2.34. The minimum Gasteiger partial charge on any atom is -0.461 e. The summed E-state index contributed by atoms with van der Waals surface area (Å²) in [6, 6.07) is 7.48. The van der Waals surface area contributed by atoms with Gasteiger partial charge in [-0.05, 0) is 31.0 Å². The van der Waals surface area contributed by atoms with Crippen molar-refractivity contribution in [2.75, 3.05) is 20.3 Å². The van der Waals surface area contributed by atoms with E-state index in [9.17, 15) is 4.79 Å². The monoisotopic (exact) mass is 291 g/mol. The maximum absolute atomic E-state index is 11.4. The minimum atomic E-state index is -0.536. The molecule has 0 aliphatic rings. The van der Waals surface area contributed by atoms with Gasteiger partial charge >= 0.3 is 12.0 Å². The number of esters is 1. The molecule has 0 amide bonds. The van der Waals surface area contributed by atoms with Crippen molar-refractivity contribution in [3.8, 4) is 11.8 Å². The van der Waals surface area contributed by atoms with Gasteiger partial charge in [0.25, 0.3) is 0 Å². The summed E-state index contributed by atoms with van der Waals surface area (Å²) in [4.78, 5) is 15.4. The fourth-order valence-electron chi connectivity index (χ4n) is 1.65. The summed E-state index contributed by atoms with van der Waals surface area (Å²) in [7, 11) is 1.67. The van der Waals surface area contributed by atoms with Crippen LogP contribution in [-0.2, 0) is 15.9 Å². The molecule has 112 valence electrons. The number of benzene rings is 1. The standard InChI is InChI=1S/C15H17NO5/c1-3-19-14(17)13-10-20-15(16-13)21-12-6-4-11(5-7-12)8-9-18-2/h4-7,10H,3,8-9H2,1-2H3. The van der Waals surface area contributed by atoms with Crippen LogP contribution >= 0.6 is 0 Å². The molecule has 0 spiro atoms. The summed E-state index contributed by atoms with van der Waals surface area (Å²) >= 11 is 0. The van der Waals surface area contributed by atoms with Crippen molar-refractivity contribution in [3.05, 3.63) is 41.8 Å². The van der Waals surface area contributed by atoms with Crippen molar-refractivity contribution in [2.45, 2.75) is 13.3 Å². The molecule has 0 saturated heterocycles. The molecular formula is C15H17NO5. The molecule has 1 aromatic carbocycles. The van der Waals surface area contributed by atoms with E-state index < -0.39 is 5.97 Å².